The van der Waals surface area contributed by atoms with Crippen molar-refractivity contribution >= 4 is 22.7 Å². The molecule has 0 spiro atoms. The molecule has 0 aliphatic rings. The van der Waals surface area contributed by atoms with Gasteiger partial charge in [0.2, 0.25) is 11.3 Å². The number of nitrogens with one attached hydrogen (secondary N) is 3. The van der Waals surface area contributed by atoms with E-state index < -0.39 is 41.6 Å². The summed E-state index contributed by atoms with van der Waals surface area (Å²) in [6, 6.07) is 10.8. The average molecular weight is 463 g/mol. The Morgan fingerprint density at radius 2 is 1.85 bits per heavy atom. The van der Waals surface area contributed by atoms with Crippen LogP contribution in [0.2, 0.25) is 0 Å². The molecule has 0 aliphatic carbocycles. The molecule has 11 heteroatoms. The summed E-state index contributed by atoms with van der Waals surface area (Å²) in [5, 5.41) is 14.9. The minimum absolute atomic E-state index is 0.0805. The Kier molecular flexibility index (Phi) is 7.34. The third-order valence-corrected chi connectivity index (χ3v) is 4.58. The van der Waals surface area contributed by atoms with Gasteiger partial charge in [0.05, 0.1) is 12.1 Å². The maximum Gasteiger partial charge on any atom is 0.416 e. The number of alkyl halides is 3. The number of halogens is 3. The summed E-state index contributed by atoms with van der Waals surface area (Å²) < 4.78 is 43.2. The van der Waals surface area contributed by atoms with Gasteiger partial charge in [-0.05, 0) is 30.3 Å². The van der Waals surface area contributed by atoms with Crippen molar-refractivity contribution in [3.8, 4) is 5.75 Å². The van der Waals surface area contributed by atoms with E-state index in [4.69, 9.17) is 4.74 Å². The van der Waals surface area contributed by atoms with E-state index in [1.54, 1.807) is 24.3 Å². The molecule has 4 N–H and O–H groups in total. The molecular weight excluding hydrogens is 443 g/mol. The third kappa shape index (κ3) is 6.32. The van der Waals surface area contributed by atoms with Crippen molar-refractivity contribution < 1.29 is 32.6 Å². The normalized spacial score (nSPS) is 12.2. The van der Waals surface area contributed by atoms with Crippen LogP contribution in [0.1, 0.15) is 15.9 Å². The molecule has 1 heterocycles. The van der Waals surface area contributed by atoms with E-state index in [0.29, 0.717) is 10.9 Å². The number of aliphatic hydroxyl groups excluding tert-OH is 1. The lowest BCUT2D eigenvalue weighted by Gasteiger charge is -2.14. The maximum absolute atomic E-state index is 12.7. The molecule has 3 rings (SSSR count). The monoisotopic (exact) mass is 463 g/mol. The molecule has 0 fully saturated rings. The molecule has 33 heavy (non-hydrogen) atoms. The van der Waals surface area contributed by atoms with Gasteiger partial charge in [0.15, 0.2) is 0 Å². The van der Waals surface area contributed by atoms with Crippen LogP contribution in [-0.4, -0.2) is 47.7 Å². The highest BCUT2D eigenvalue weighted by Gasteiger charge is 2.30. The van der Waals surface area contributed by atoms with E-state index in [0.717, 1.165) is 12.1 Å². The van der Waals surface area contributed by atoms with Gasteiger partial charge in [-0.3, -0.25) is 14.4 Å². The lowest BCUT2D eigenvalue weighted by atomic mass is 10.1. The number of hydrogen-bond donors (Lipinski definition) is 4. The Morgan fingerprint density at radius 3 is 2.61 bits per heavy atom. The largest absolute Gasteiger partial charge is 0.491 e. The molecule has 1 aromatic heterocycles. The minimum atomic E-state index is -4.52. The fourth-order valence-electron chi connectivity index (χ4n) is 2.90. The molecular formula is C22H20F3N3O5. The molecule has 1 atom stereocenters. The van der Waals surface area contributed by atoms with Crippen LogP contribution in [0.4, 0.5) is 13.2 Å². The van der Waals surface area contributed by atoms with Gasteiger partial charge in [-0.1, -0.05) is 18.2 Å². The fraction of sp³-hybridized carbons (Fsp3) is 0.227. The lowest BCUT2D eigenvalue weighted by molar-refractivity contribution is -0.137. The number of rotatable bonds is 8. The second-order valence-electron chi connectivity index (χ2n) is 7.05. The van der Waals surface area contributed by atoms with Crippen LogP contribution in [0.3, 0.4) is 0 Å². The second-order valence-corrected chi connectivity index (χ2v) is 7.05. The zero-order valence-corrected chi connectivity index (χ0v) is 17.1. The Bertz CT molecular complexity index is 1210. The molecule has 8 nitrogen and oxygen atoms in total. The number of ether oxygens (including phenoxy) is 1. The number of carbonyl (C=O) groups is 2. The summed E-state index contributed by atoms with van der Waals surface area (Å²) in [6.45, 7) is -1.07. The summed E-state index contributed by atoms with van der Waals surface area (Å²) in [4.78, 5) is 39.4. The highest BCUT2D eigenvalue weighted by Crippen LogP contribution is 2.31. The molecule has 0 saturated carbocycles. The topological polar surface area (TPSA) is 121 Å². The van der Waals surface area contributed by atoms with Crippen LogP contribution in [0.5, 0.6) is 5.75 Å². The van der Waals surface area contributed by atoms with Gasteiger partial charge in [-0.2, -0.15) is 13.2 Å². The predicted molar refractivity (Wildman–Crippen MR) is 113 cm³/mol. The standard InChI is InChI=1S/C22H20F3N3O5/c23-22(24,25)13-4-3-5-15(8-13)33-12-14(29)9-27-19(30)11-28-21(32)17-10-26-18-7-2-1-6-16(18)20(17)31/h1-8,10,14,29H,9,11-12H2,(H,26,31)(H,27,30)(H,28,32). The van der Waals surface area contributed by atoms with Crippen molar-refractivity contribution in [2.75, 3.05) is 19.7 Å². The summed E-state index contributed by atoms with van der Waals surface area (Å²) in [6.07, 6.45) is -4.47. The summed E-state index contributed by atoms with van der Waals surface area (Å²) in [5.41, 5.74) is -0.956. The second kappa shape index (κ2) is 10.2. The van der Waals surface area contributed by atoms with Gasteiger partial charge in [0.25, 0.3) is 5.91 Å². The molecule has 1 unspecified atom stereocenters. The smallest absolute Gasteiger partial charge is 0.416 e. The number of amides is 2. The first kappa shape index (κ1) is 23.8. The quantitative estimate of drug-likeness (QED) is 0.406. The molecule has 174 valence electrons. The number of aromatic amines is 1. The summed E-state index contributed by atoms with van der Waals surface area (Å²) in [7, 11) is 0. The highest BCUT2D eigenvalue weighted by molar-refractivity contribution is 5.98. The van der Waals surface area contributed by atoms with E-state index in [1.165, 1.54) is 18.3 Å². The number of H-pyrrole nitrogens is 1. The van der Waals surface area contributed by atoms with E-state index >= 15 is 0 Å². The number of hydrogen-bond acceptors (Lipinski definition) is 5. The van der Waals surface area contributed by atoms with Crippen LogP contribution in [-0.2, 0) is 11.0 Å². The van der Waals surface area contributed by atoms with E-state index in [1.807, 2.05) is 0 Å². The molecule has 3 aromatic rings. The molecule has 0 aliphatic heterocycles. The van der Waals surface area contributed by atoms with Gasteiger partial charge in [0, 0.05) is 23.6 Å². The summed E-state index contributed by atoms with van der Waals surface area (Å²) >= 11 is 0. The van der Waals surface area contributed by atoms with Gasteiger partial charge in [0.1, 0.15) is 24.0 Å². The molecule has 0 bridgehead atoms. The van der Waals surface area contributed by atoms with E-state index in [-0.39, 0.29) is 24.5 Å². The molecule has 0 radical (unpaired) electrons. The van der Waals surface area contributed by atoms with E-state index in [2.05, 4.69) is 15.6 Å². The SMILES string of the molecule is O=C(CNC(=O)c1c[nH]c2ccccc2c1=O)NCC(O)COc1cccc(C(F)(F)F)c1. The zero-order chi connectivity index (χ0) is 24.0. The Labute approximate surface area is 185 Å². The Morgan fingerprint density at radius 1 is 1.09 bits per heavy atom. The molecule has 0 saturated heterocycles. The van der Waals surface area contributed by atoms with Crippen LogP contribution < -0.4 is 20.8 Å². The first-order valence-electron chi connectivity index (χ1n) is 9.78. The van der Waals surface area contributed by atoms with Crippen molar-refractivity contribution in [3.63, 3.8) is 0 Å². The number of benzene rings is 2. The Balaban J connectivity index is 1.44. The van der Waals surface area contributed by atoms with Crippen molar-refractivity contribution in [1.82, 2.24) is 15.6 Å². The maximum atomic E-state index is 12.7. The highest BCUT2D eigenvalue weighted by atomic mass is 19.4. The van der Waals surface area contributed by atoms with E-state index in [9.17, 15) is 32.7 Å². The van der Waals surface area contributed by atoms with Crippen molar-refractivity contribution in [3.05, 3.63) is 76.1 Å². The van der Waals surface area contributed by atoms with Crippen molar-refractivity contribution in [2.45, 2.75) is 12.3 Å². The number of fused-ring (bicyclic) bond motifs is 1. The summed E-state index contributed by atoms with van der Waals surface area (Å²) in [5.74, 6) is -1.47. The van der Waals surface area contributed by atoms with Crippen LogP contribution in [0.15, 0.2) is 59.5 Å². The number of carbonyl (C=O) groups excluding carboxylic acids is 2. The van der Waals surface area contributed by atoms with Gasteiger partial charge >= 0.3 is 6.18 Å². The third-order valence-electron chi connectivity index (χ3n) is 4.58. The van der Waals surface area contributed by atoms with Crippen molar-refractivity contribution in [2.24, 2.45) is 0 Å². The number of pyridine rings is 1. The first-order chi connectivity index (χ1) is 15.6. The van der Waals surface area contributed by atoms with Crippen LogP contribution in [0, 0.1) is 0 Å². The van der Waals surface area contributed by atoms with Gasteiger partial charge < -0.3 is 25.5 Å². The average Bonchev–Trinajstić information content (AvgIpc) is 2.80. The fourth-order valence-corrected chi connectivity index (χ4v) is 2.90. The molecule has 2 amide bonds. The predicted octanol–water partition coefficient (Wildman–Crippen LogP) is 1.83. The molecule has 2 aromatic carbocycles. The zero-order valence-electron chi connectivity index (χ0n) is 17.1. The van der Waals surface area contributed by atoms with Gasteiger partial charge in [-0.15, -0.1) is 0 Å². The first-order valence-corrected chi connectivity index (χ1v) is 9.78. The minimum Gasteiger partial charge on any atom is -0.491 e. The van der Waals surface area contributed by atoms with Crippen LogP contribution in [0.25, 0.3) is 10.9 Å². The van der Waals surface area contributed by atoms with Crippen molar-refractivity contribution in [1.29, 1.82) is 0 Å². The van der Waals surface area contributed by atoms with Gasteiger partial charge in [-0.25, -0.2) is 0 Å². The van der Waals surface area contributed by atoms with Crippen LogP contribution >= 0.6 is 0 Å². The number of aliphatic hydroxyl groups is 1. The number of para-hydroxylation sites is 1. The number of aromatic nitrogens is 1. The lowest BCUT2D eigenvalue weighted by Crippen LogP contribution is -2.42. The Hall–Kier alpha value is -3.86.